The third-order valence-electron chi connectivity index (χ3n) is 4.67. The molecule has 0 bridgehead atoms. The number of anilines is 1. The largest absolute Gasteiger partial charge is 0.494 e. The Bertz CT molecular complexity index is 631. The summed E-state index contributed by atoms with van der Waals surface area (Å²) in [7, 11) is 0. The Morgan fingerprint density at radius 2 is 1.67 bits per heavy atom. The van der Waals surface area contributed by atoms with Gasteiger partial charge in [0.1, 0.15) is 5.75 Å². The third kappa shape index (κ3) is 4.85. The average molecular weight is 323 g/mol. The second kappa shape index (κ2) is 8.53. The van der Waals surface area contributed by atoms with E-state index in [2.05, 4.69) is 5.32 Å². The first-order valence-corrected chi connectivity index (χ1v) is 8.90. The molecule has 0 aliphatic heterocycles. The van der Waals surface area contributed by atoms with Crippen LogP contribution < -0.4 is 10.1 Å². The highest BCUT2D eigenvalue weighted by Crippen LogP contribution is 2.26. The van der Waals surface area contributed by atoms with Gasteiger partial charge in [-0.05, 0) is 48.7 Å². The molecular weight excluding hydrogens is 298 g/mol. The molecule has 2 aromatic rings. The maximum absolute atomic E-state index is 12.1. The molecule has 0 atom stereocenters. The van der Waals surface area contributed by atoms with Gasteiger partial charge < -0.3 is 10.1 Å². The molecule has 0 aromatic heterocycles. The van der Waals surface area contributed by atoms with E-state index in [9.17, 15) is 4.79 Å². The third-order valence-corrected chi connectivity index (χ3v) is 4.67. The molecule has 0 unspecified atom stereocenters. The Kier molecular flexibility index (Phi) is 5.89. The quantitative estimate of drug-likeness (QED) is 0.784. The van der Waals surface area contributed by atoms with Gasteiger partial charge in [-0.2, -0.15) is 0 Å². The summed E-state index contributed by atoms with van der Waals surface area (Å²) in [4.78, 5) is 12.1. The summed E-state index contributed by atoms with van der Waals surface area (Å²) in [6.07, 6.45) is 8.00. The number of hydrogen-bond donors (Lipinski definition) is 1. The Labute approximate surface area is 144 Å². The minimum absolute atomic E-state index is 0.0958. The molecule has 1 amide bonds. The van der Waals surface area contributed by atoms with Gasteiger partial charge in [0, 0.05) is 11.3 Å². The number of rotatable bonds is 6. The second-order valence-electron chi connectivity index (χ2n) is 6.49. The molecule has 24 heavy (non-hydrogen) atoms. The molecule has 1 aliphatic carbocycles. The van der Waals surface area contributed by atoms with Gasteiger partial charge in [0.15, 0.2) is 0 Å². The summed E-state index contributed by atoms with van der Waals surface area (Å²) >= 11 is 0. The number of nitrogens with one attached hydrogen (secondary N) is 1. The van der Waals surface area contributed by atoms with Crippen LogP contribution in [0.1, 0.15) is 48.9 Å². The highest BCUT2D eigenvalue weighted by atomic mass is 16.5. The van der Waals surface area contributed by atoms with Gasteiger partial charge in [0.2, 0.25) is 0 Å². The van der Waals surface area contributed by atoms with Gasteiger partial charge >= 0.3 is 0 Å². The van der Waals surface area contributed by atoms with Crippen molar-refractivity contribution in [1.29, 1.82) is 0 Å². The van der Waals surface area contributed by atoms with Crippen LogP contribution in [0.25, 0.3) is 0 Å². The van der Waals surface area contributed by atoms with Crippen LogP contribution in [0, 0.1) is 5.92 Å². The van der Waals surface area contributed by atoms with Crippen LogP contribution in [-0.2, 0) is 0 Å². The fraction of sp³-hybridized carbons (Fsp3) is 0.381. The number of amides is 1. The van der Waals surface area contributed by atoms with Crippen LogP contribution >= 0.6 is 0 Å². The molecule has 1 saturated carbocycles. The van der Waals surface area contributed by atoms with Crippen molar-refractivity contribution in [2.24, 2.45) is 5.92 Å². The predicted molar refractivity (Wildman–Crippen MR) is 97.5 cm³/mol. The standard InChI is InChI=1S/C21H25NO2/c23-21(18-9-5-2-6-10-18)22-19-11-13-20(14-12-19)24-16-15-17-7-3-1-4-8-17/h2,5-6,9-14,17H,1,3-4,7-8,15-16H2,(H,22,23). The molecule has 0 saturated heterocycles. The molecular formula is C21H25NO2. The maximum atomic E-state index is 12.1. The topological polar surface area (TPSA) is 38.3 Å². The van der Waals surface area contributed by atoms with Crippen molar-refractivity contribution in [1.82, 2.24) is 0 Å². The van der Waals surface area contributed by atoms with Gasteiger partial charge in [-0.1, -0.05) is 50.3 Å². The molecule has 126 valence electrons. The highest BCUT2D eigenvalue weighted by Gasteiger charge is 2.13. The minimum atomic E-state index is -0.0958. The zero-order chi connectivity index (χ0) is 16.6. The predicted octanol–water partition coefficient (Wildman–Crippen LogP) is 5.29. The lowest BCUT2D eigenvalue weighted by molar-refractivity contribution is 0.102. The first kappa shape index (κ1) is 16.6. The normalized spacial score (nSPS) is 15.0. The fourth-order valence-corrected chi connectivity index (χ4v) is 3.25. The molecule has 3 heteroatoms. The molecule has 0 heterocycles. The van der Waals surface area contributed by atoms with Gasteiger partial charge in [-0.3, -0.25) is 4.79 Å². The van der Waals surface area contributed by atoms with E-state index in [4.69, 9.17) is 4.74 Å². The van der Waals surface area contributed by atoms with Crippen LogP contribution in [-0.4, -0.2) is 12.5 Å². The number of benzene rings is 2. The zero-order valence-electron chi connectivity index (χ0n) is 14.0. The van der Waals surface area contributed by atoms with E-state index in [0.717, 1.165) is 30.4 Å². The maximum Gasteiger partial charge on any atom is 0.255 e. The Morgan fingerprint density at radius 3 is 2.38 bits per heavy atom. The summed E-state index contributed by atoms with van der Waals surface area (Å²) in [6.45, 7) is 0.778. The van der Waals surface area contributed by atoms with Crippen molar-refractivity contribution < 1.29 is 9.53 Å². The van der Waals surface area contributed by atoms with Crippen molar-refractivity contribution in [3.8, 4) is 5.75 Å². The second-order valence-corrected chi connectivity index (χ2v) is 6.49. The van der Waals surface area contributed by atoms with Crippen LogP contribution in [0.15, 0.2) is 54.6 Å². The summed E-state index contributed by atoms with van der Waals surface area (Å²) in [5, 5.41) is 2.90. The van der Waals surface area contributed by atoms with Crippen molar-refractivity contribution in [2.45, 2.75) is 38.5 Å². The highest BCUT2D eigenvalue weighted by molar-refractivity contribution is 6.04. The molecule has 3 rings (SSSR count). The summed E-state index contributed by atoms with van der Waals surface area (Å²) < 4.78 is 5.84. The Morgan fingerprint density at radius 1 is 0.958 bits per heavy atom. The first-order valence-electron chi connectivity index (χ1n) is 8.90. The molecule has 3 nitrogen and oxygen atoms in total. The SMILES string of the molecule is O=C(Nc1ccc(OCCC2CCCCC2)cc1)c1ccccc1. The van der Waals surface area contributed by atoms with Crippen LogP contribution in [0.3, 0.4) is 0 Å². The number of ether oxygens (including phenoxy) is 1. The van der Waals surface area contributed by atoms with Crippen molar-refractivity contribution in [2.75, 3.05) is 11.9 Å². The zero-order valence-corrected chi connectivity index (χ0v) is 14.0. The van der Waals surface area contributed by atoms with Gasteiger partial charge in [0.05, 0.1) is 6.61 Å². The molecule has 1 aliphatic rings. The van der Waals surface area contributed by atoms with E-state index >= 15 is 0 Å². The first-order chi connectivity index (χ1) is 11.8. The van der Waals surface area contributed by atoms with Gasteiger partial charge in [-0.15, -0.1) is 0 Å². The van der Waals surface area contributed by atoms with E-state index < -0.39 is 0 Å². The van der Waals surface area contributed by atoms with E-state index in [0.29, 0.717) is 5.56 Å². The van der Waals surface area contributed by atoms with E-state index in [-0.39, 0.29) is 5.91 Å². The van der Waals surface area contributed by atoms with Gasteiger partial charge in [-0.25, -0.2) is 0 Å². The van der Waals surface area contributed by atoms with Crippen LogP contribution in [0.4, 0.5) is 5.69 Å². The Hall–Kier alpha value is -2.29. The van der Waals surface area contributed by atoms with Crippen LogP contribution in [0.5, 0.6) is 5.75 Å². The smallest absolute Gasteiger partial charge is 0.255 e. The van der Waals surface area contributed by atoms with Crippen molar-refractivity contribution in [3.63, 3.8) is 0 Å². The van der Waals surface area contributed by atoms with Crippen molar-refractivity contribution >= 4 is 11.6 Å². The molecule has 0 radical (unpaired) electrons. The van der Waals surface area contributed by atoms with Crippen molar-refractivity contribution in [3.05, 3.63) is 60.2 Å². The average Bonchev–Trinajstić information content (AvgIpc) is 2.65. The summed E-state index contributed by atoms with van der Waals surface area (Å²) in [6, 6.07) is 16.8. The van der Waals surface area contributed by atoms with E-state index in [1.54, 1.807) is 12.1 Å². The number of hydrogen-bond acceptors (Lipinski definition) is 2. The fourth-order valence-electron chi connectivity index (χ4n) is 3.25. The monoisotopic (exact) mass is 323 g/mol. The lowest BCUT2D eigenvalue weighted by Gasteiger charge is -2.21. The molecule has 1 fully saturated rings. The van der Waals surface area contributed by atoms with E-state index in [1.165, 1.54) is 32.1 Å². The van der Waals surface area contributed by atoms with Crippen LogP contribution in [0.2, 0.25) is 0 Å². The Balaban J connectivity index is 1.45. The summed E-state index contributed by atoms with van der Waals surface area (Å²) in [5.41, 5.74) is 1.44. The number of carbonyl (C=O) groups is 1. The molecule has 2 aromatic carbocycles. The molecule has 1 N–H and O–H groups in total. The minimum Gasteiger partial charge on any atom is -0.494 e. The number of carbonyl (C=O) groups excluding carboxylic acids is 1. The lowest BCUT2D eigenvalue weighted by Crippen LogP contribution is -2.12. The summed E-state index contributed by atoms with van der Waals surface area (Å²) in [5.74, 6) is 1.60. The lowest BCUT2D eigenvalue weighted by atomic mass is 9.87. The van der Waals surface area contributed by atoms with Gasteiger partial charge in [0.25, 0.3) is 5.91 Å². The molecule has 0 spiro atoms. The van der Waals surface area contributed by atoms with E-state index in [1.807, 2.05) is 42.5 Å².